The Morgan fingerprint density at radius 1 is 1.00 bits per heavy atom. The Kier molecular flexibility index (Phi) is 7.08. The zero-order valence-corrected chi connectivity index (χ0v) is 15.3. The molecule has 3 rings (SSSR count). The average molecular weight is 352 g/mol. The van der Waals surface area contributed by atoms with Gasteiger partial charge in [0, 0.05) is 19.0 Å². The van der Waals surface area contributed by atoms with Crippen LogP contribution in [0, 0.1) is 5.92 Å². The molecule has 26 heavy (non-hydrogen) atoms. The third-order valence-electron chi connectivity index (χ3n) is 4.93. The van der Waals surface area contributed by atoms with Gasteiger partial charge in [0.15, 0.2) is 0 Å². The molecule has 0 unspecified atom stereocenters. The average Bonchev–Trinajstić information content (AvgIpc) is 2.70. The van der Waals surface area contributed by atoms with Gasteiger partial charge >= 0.3 is 0 Å². The molecule has 0 radical (unpaired) electrons. The van der Waals surface area contributed by atoms with Crippen molar-refractivity contribution in [3.05, 3.63) is 66.2 Å². The van der Waals surface area contributed by atoms with Crippen molar-refractivity contribution >= 4 is 5.91 Å². The van der Waals surface area contributed by atoms with Crippen LogP contribution in [-0.4, -0.2) is 43.6 Å². The van der Waals surface area contributed by atoms with Gasteiger partial charge in [-0.3, -0.25) is 9.69 Å². The van der Waals surface area contributed by atoms with Crippen LogP contribution in [0.1, 0.15) is 18.4 Å². The minimum absolute atomic E-state index is 0.150. The lowest BCUT2D eigenvalue weighted by Crippen LogP contribution is -2.42. The smallest absolute Gasteiger partial charge is 0.223 e. The molecule has 0 spiro atoms. The van der Waals surface area contributed by atoms with Crippen molar-refractivity contribution in [2.24, 2.45) is 5.92 Å². The van der Waals surface area contributed by atoms with E-state index < -0.39 is 0 Å². The Morgan fingerprint density at radius 2 is 1.65 bits per heavy atom. The number of carbonyl (C=O) groups is 1. The molecule has 1 fully saturated rings. The first kappa shape index (κ1) is 18.5. The predicted molar refractivity (Wildman–Crippen MR) is 104 cm³/mol. The van der Waals surface area contributed by atoms with Crippen molar-refractivity contribution in [1.29, 1.82) is 0 Å². The number of carbonyl (C=O) groups excluding carboxylic acids is 1. The van der Waals surface area contributed by atoms with Gasteiger partial charge in [0.1, 0.15) is 12.4 Å². The molecule has 0 atom stereocenters. The second kappa shape index (κ2) is 9.97. The molecule has 0 saturated carbocycles. The van der Waals surface area contributed by atoms with E-state index in [9.17, 15) is 4.79 Å². The topological polar surface area (TPSA) is 41.6 Å². The van der Waals surface area contributed by atoms with E-state index in [-0.39, 0.29) is 11.8 Å². The first-order chi connectivity index (χ1) is 12.8. The summed E-state index contributed by atoms with van der Waals surface area (Å²) in [6, 6.07) is 20.2. The van der Waals surface area contributed by atoms with Crippen LogP contribution in [0.3, 0.4) is 0 Å². The Morgan fingerprint density at radius 3 is 2.35 bits per heavy atom. The highest BCUT2D eigenvalue weighted by molar-refractivity contribution is 5.78. The highest BCUT2D eigenvalue weighted by atomic mass is 16.5. The molecule has 138 valence electrons. The van der Waals surface area contributed by atoms with E-state index in [2.05, 4.69) is 22.3 Å². The summed E-state index contributed by atoms with van der Waals surface area (Å²) < 4.78 is 5.76. The summed E-state index contributed by atoms with van der Waals surface area (Å²) in [5.41, 5.74) is 1.26. The molecule has 2 aromatic rings. The van der Waals surface area contributed by atoms with Crippen LogP contribution in [0.15, 0.2) is 60.7 Å². The molecule has 0 bridgehead atoms. The molecule has 1 amide bonds. The van der Waals surface area contributed by atoms with Gasteiger partial charge in [-0.05, 0) is 50.0 Å². The van der Waals surface area contributed by atoms with Crippen molar-refractivity contribution in [3.63, 3.8) is 0 Å². The lowest BCUT2D eigenvalue weighted by atomic mass is 9.96. The third kappa shape index (κ3) is 5.88. The summed E-state index contributed by atoms with van der Waals surface area (Å²) in [6.07, 6.45) is 2.76. The van der Waals surface area contributed by atoms with Gasteiger partial charge < -0.3 is 10.1 Å². The first-order valence-corrected chi connectivity index (χ1v) is 9.53. The maximum absolute atomic E-state index is 12.3. The van der Waals surface area contributed by atoms with E-state index in [1.54, 1.807) is 0 Å². The number of hydrogen-bond donors (Lipinski definition) is 1. The van der Waals surface area contributed by atoms with E-state index in [1.807, 2.05) is 48.5 Å². The van der Waals surface area contributed by atoms with Gasteiger partial charge in [0.05, 0.1) is 0 Å². The molecule has 1 N–H and O–H groups in total. The number of para-hydroxylation sites is 1. The van der Waals surface area contributed by atoms with Crippen LogP contribution in [0.4, 0.5) is 0 Å². The molecular formula is C22H28N2O2. The van der Waals surface area contributed by atoms with Crippen molar-refractivity contribution in [3.8, 4) is 5.75 Å². The minimum atomic E-state index is 0.150. The molecule has 4 heteroatoms. The van der Waals surface area contributed by atoms with Gasteiger partial charge in [-0.25, -0.2) is 0 Å². The van der Waals surface area contributed by atoms with E-state index >= 15 is 0 Å². The molecule has 4 nitrogen and oxygen atoms in total. The van der Waals surface area contributed by atoms with Crippen molar-refractivity contribution in [2.45, 2.75) is 19.3 Å². The Hall–Kier alpha value is -2.33. The number of ether oxygens (including phenoxy) is 1. The van der Waals surface area contributed by atoms with Crippen LogP contribution < -0.4 is 10.1 Å². The summed E-state index contributed by atoms with van der Waals surface area (Å²) in [4.78, 5) is 14.7. The van der Waals surface area contributed by atoms with Gasteiger partial charge in [0.25, 0.3) is 0 Å². The zero-order valence-electron chi connectivity index (χ0n) is 15.3. The van der Waals surface area contributed by atoms with Gasteiger partial charge in [-0.15, -0.1) is 0 Å². The fourth-order valence-electron chi connectivity index (χ4n) is 3.35. The monoisotopic (exact) mass is 352 g/mol. The van der Waals surface area contributed by atoms with Crippen molar-refractivity contribution in [1.82, 2.24) is 10.2 Å². The number of rotatable bonds is 8. The number of benzene rings is 2. The summed E-state index contributed by atoms with van der Waals surface area (Å²) >= 11 is 0. The fourth-order valence-corrected chi connectivity index (χ4v) is 3.35. The molecule has 1 aliphatic rings. The minimum Gasteiger partial charge on any atom is -0.492 e. The van der Waals surface area contributed by atoms with E-state index in [1.165, 1.54) is 5.56 Å². The van der Waals surface area contributed by atoms with Crippen molar-refractivity contribution in [2.75, 3.05) is 32.8 Å². The van der Waals surface area contributed by atoms with Crippen LogP contribution >= 0.6 is 0 Å². The van der Waals surface area contributed by atoms with Crippen LogP contribution in [0.2, 0.25) is 0 Å². The number of likely N-dealkylation sites (tertiary alicyclic amines) is 1. The SMILES string of the molecule is O=C(NCCc1ccccc1)C1CCN(CCOc2ccccc2)CC1. The Balaban J connectivity index is 1.29. The second-order valence-corrected chi connectivity index (χ2v) is 6.80. The molecule has 2 aromatic carbocycles. The quantitative estimate of drug-likeness (QED) is 0.794. The largest absolute Gasteiger partial charge is 0.492 e. The highest BCUT2D eigenvalue weighted by Gasteiger charge is 2.24. The Bertz CT molecular complexity index is 652. The summed E-state index contributed by atoms with van der Waals surface area (Å²) in [5.74, 6) is 1.28. The summed E-state index contributed by atoms with van der Waals surface area (Å²) in [6.45, 7) is 4.26. The van der Waals surface area contributed by atoms with Crippen LogP contribution in [0.5, 0.6) is 5.75 Å². The second-order valence-electron chi connectivity index (χ2n) is 6.80. The first-order valence-electron chi connectivity index (χ1n) is 9.53. The molecule has 0 aromatic heterocycles. The van der Waals surface area contributed by atoms with Gasteiger partial charge in [0.2, 0.25) is 5.91 Å². The number of nitrogens with zero attached hydrogens (tertiary/aromatic N) is 1. The number of amides is 1. The van der Waals surface area contributed by atoms with Gasteiger partial charge in [-0.1, -0.05) is 48.5 Å². The van der Waals surface area contributed by atoms with E-state index in [0.717, 1.165) is 44.6 Å². The predicted octanol–water partition coefficient (Wildman–Crippen LogP) is 3.14. The molecule has 1 aliphatic heterocycles. The maximum Gasteiger partial charge on any atom is 0.223 e. The number of hydrogen-bond acceptors (Lipinski definition) is 3. The standard InChI is InChI=1S/C22H28N2O2/c25-22(23-14-11-19-7-3-1-4-8-19)20-12-15-24(16-13-20)17-18-26-21-9-5-2-6-10-21/h1-10,20H,11-18H2,(H,23,25). The summed E-state index contributed by atoms with van der Waals surface area (Å²) in [7, 11) is 0. The van der Waals surface area contributed by atoms with Crippen molar-refractivity contribution < 1.29 is 9.53 Å². The van der Waals surface area contributed by atoms with Crippen LogP contribution in [0.25, 0.3) is 0 Å². The van der Waals surface area contributed by atoms with Gasteiger partial charge in [-0.2, -0.15) is 0 Å². The Labute approximate surface area is 156 Å². The lowest BCUT2D eigenvalue weighted by Gasteiger charge is -2.31. The fraction of sp³-hybridized carbons (Fsp3) is 0.409. The molecule has 1 heterocycles. The van der Waals surface area contributed by atoms with Crippen LogP contribution in [-0.2, 0) is 11.2 Å². The lowest BCUT2D eigenvalue weighted by molar-refractivity contribution is -0.126. The third-order valence-corrected chi connectivity index (χ3v) is 4.93. The number of nitrogens with one attached hydrogen (secondary N) is 1. The summed E-state index contributed by atoms with van der Waals surface area (Å²) in [5, 5.41) is 3.10. The molecule has 0 aliphatic carbocycles. The maximum atomic E-state index is 12.3. The molecule has 1 saturated heterocycles. The normalized spacial score (nSPS) is 15.5. The van der Waals surface area contributed by atoms with E-state index in [0.29, 0.717) is 13.2 Å². The molecular weight excluding hydrogens is 324 g/mol. The highest BCUT2D eigenvalue weighted by Crippen LogP contribution is 2.17. The van der Waals surface area contributed by atoms with E-state index in [4.69, 9.17) is 4.74 Å². The number of piperidine rings is 1. The zero-order chi connectivity index (χ0) is 18.0.